The van der Waals surface area contributed by atoms with Crippen molar-refractivity contribution in [1.29, 1.82) is 0 Å². The fourth-order valence-corrected chi connectivity index (χ4v) is 2.15. The molecule has 3 rings (SSSR count). The molecule has 0 atom stereocenters. The zero-order chi connectivity index (χ0) is 17.8. The number of anilines is 1. The van der Waals surface area contributed by atoms with Crippen LogP contribution in [0.5, 0.6) is 0 Å². The van der Waals surface area contributed by atoms with Gasteiger partial charge < -0.3 is 10.2 Å². The number of carbonyl (C=O) groups is 1. The van der Waals surface area contributed by atoms with Gasteiger partial charge in [-0.2, -0.15) is 4.98 Å². The Bertz CT molecular complexity index is 861. The van der Waals surface area contributed by atoms with E-state index in [9.17, 15) is 9.18 Å². The second-order valence-corrected chi connectivity index (χ2v) is 5.57. The molecule has 0 fully saturated rings. The van der Waals surface area contributed by atoms with Gasteiger partial charge in [0.15, 0.2) is 5.82 Å². The summed E-state index contributed by atoms with van der Waals surface area (Å²) in [5.74, 6) is 0.403. The molecule has 2 aromatic heterocycles. The number of amides is 1. The van der Waals surface area contributed by atoms with Gasteiger partial charge in [-0.25, -0.2) is 9.18 Å². The summed E-state index contributed by atoms with van der Waals surface area (Å²) in [7, 11) is 3.27. The molecular weight excluding hydrogens is 323 g/mol. The molecule has 3 aromatic rings. The van der Waals surface area contributed by atoms with Gasteiger partial charge in [-0.3, -0.25) is 4.98 Å². The number of aromatic nitrogens is 4. The number of carbonyl (C=O) groups excluding carboxylic acids is 1. The Kier molecular flexibility index (Phi) is 4.69. The monoisotopic (exact) mass is 340 g/mol. The quantitative estimate of drug-likeness (QED) is 0.790. The molecule has 0 saturated heterocycles. The Balaban J connectivity index is 1.89. The van der Waals surface area contributed by atoms with Gasteiger partial charge in [0.05, 0.1) is 0 Å². The highest BCUT2D eigenvalue weighted by Gasteiger charge is 2.18. The van der Waals surface area contributed by atoms with Crippen LogP contribution in [-0.4, -0.2) is 44.8 Å². The number of hydrogen-bond acceptors (Lipinski definition) is 5. The van der Waals surface area contributed by atoms with E-state index < -0.39 is 0 Å². The molecule has 2 heterocycles. The van der Waals surface area contributed by atoms with Crippen molar-refractivity contribution in [3.05, 3.63) is 60.2 Å². The third-order valence-electron chi connectivity index (χ3n) is 3.45. The lowest BCUT2D eigenvalue weighted by Gasteiger charge is -2.12. The van der Waals surface area contributed by atoms with Crippen molar-refractivity contribution in [3.63, 3.8) is 0 Å². The Labute approximate surface area is 144 Å². The number of halogens is 1. The third kappa shape index (κ3) is 3.79. The lowest BCUT2D eigenvalue weighted by Crippen LogP contribution is -2.29. The van der Waals surface area contributed by atoms with Gasteiger partial charge in [0, 0.05) is 38.6 Å². The predicted octanol–water partition coefficient (Wildman–Crippen LogP) is 2.62. The minimum absolute atomic E-state index is 0.298. The van der Waals surface area contributed by atoms with Crippen LogP contribution in [0.2, 0.25) is 0 Å². The maximum Gasteiger partial charge on any atom is 0.347 e. The highest BCUT2D eigenvalue weighted by molar-refractivity contribution is 5.79. The van der Waals surface area contributed by atoms with E-state index in [1.165, 1.54) is 21.7 Å². The summed E-state index contributed by atoms with van der Waals surface area (Å²) in [6.45, 7) is 0.381. The molecule has 0 aliphatic rings. The molecule has 0 saturated carbocycles. The van der Waals surface area contributed by atoms with Crippen LogP contribution >= 0.6 is 0 Å². The summed E-state index contributed by atoms with van der Waals surface area (Å²) in [5, 5.41) is 7.35. The second kappa shape index (κ2) is 7.08. The Morgan fingerprint density at radius 1 is 1.24 bits per heavy atom. The zero-order valence-corrected chi connectivity index (χ0v) is 13.8. The lowest BCUT2D eigenvalue weighted by molar-refractivity contribution is 0.216. The van der Waals surface area contributed by atoms with E-state index in [0.717, 1.165) is 5.56 Å². The first-order valence-corrected chi connectivity index (χ1v) is 7.62. The summed E-state index contributed by atoms with van der Waals surface area (Å²) >= 11 is 0. The highest BCUT2D eigenvalue weighted by Crippen LogP contribution is 2.17. The molecular formula is C17H17FN6O. The molecule has 8 heteroatoms. The van der Waals surface area contributed by atoms with Crippen molar-refractivity contribution in [2.75, 3.05) is 19.4 Å². The first-order valence-electron chi connectivity index (χ1n) is 7.62. The summed E-state index contributed by atoms with van der Waals surface area (Å²) in [6.07, 6.45) is 3.28. The Morgan fingerprint density at radius 3 is 2.64 bits per heavy atom. The van der Waals surface area contributed by atoms with Crippen molar-refractivity contribution in [3.8, 4) is 11.4 Å². The summed E-state index contributed by atoms with van der Waals surface area (Å²) in [5.41, 5.74) is 1.56. The van der Waals surface area contributed by atoms with E-state index in [-0.39, 0.29) is 11.8 Å². The van der Waals surface area contributed by atoms with Gasteiger partial charge in [-0.15, -0.1) is 9.78 Å². The van der Waals surface area contributed by atoms with E-state index in [1.807, 2.05) is 6.07 Å². The van der Waals surface area contributed by atoms with E-state index in [2.05, 4.69) is 20.4 Å². The fraction of sp³-hybridized carbons (Fsp3) is 0.176. The van der Waals surface area contributed by atoms with Gasteiger partial charge in [0.2, 0.25) is 5.95 Å². The minimum atomic E-state index is -0.329. The smallest absolute Gasteiger partial charge is 0.347 e. The summed E-state index contributed by atoms with van der Waals surface area (Å²) < 4.78 is 14.2. The molecule has 0 bridgehead atoms. The number of pyridine rings is 1. The molecule has 1 amide bonds. The van der Waals surface area contributed by atoms with Crippen LogP contribution in [0.15, 0.2) is 48.8 Å². The first kappa shape index (κ1) is 16.6. The average molecular weight is 340 g/mol. The standard InChI is InChI=1S/C17H17FN6O/c1-23(2)17(25)24-16(20-10-12-5-7-14(18)8-6-12)21-15(22-24)13-4-3-9-19-11-13/h3-9,11H,10H2,1-2H3,(H,20,21,22). The second-order valence-electron chi connectivity index (χ2n) is 5.57. The van der Waals surface area contributed by atoms with E-state index in [0.29, 0.717) is 23.9 Å². The molecule has 0 unspecified atom stereocenters. The Hall–Kier alpha value is -3.29. The van der Waals surface area contributed by atoms with Crippen LogP contribution in [0.4, 0.5) is 15.1 Å². The van der Waals surface area contributed by atoms with Crippen molar-refractivity contribution >= 4 is 12.0 Å². The van der Waals surface area contributed by atoms with Crippen molar-refractivity contribution < 1.29 is 9.18 Å². The van der Waals surface area contributed by atoms with Crippen molar-refractivity contribution in [2.45, 2.75) is 6.54 Å². The van der Waals surface area contributed by atoms with Gasteiger partial charge in [0.1, 0.15) is 5.82 Å². The predicted molar refractivity (Wildman–Crippen MR) is 91.5 cm³/mol. The van der Waals surface area contributed by atoms with Crippen LogP contribution in [0.25, 0.3) is 11.4 Å². The van der Waals surface area contributed by atoms with E-state index in [1.54, 1.807) is 44.7 Å². The average Bonchev–Trinajstić information content (AvgIpc) is 3.05. The topological polar surface area (TPSA) is 75.9 Å². The number of nitrogens with zero attached hydrogens (tertiary/aromatic N) is 5. The van der Waals surface area contributed by atoms with Gasteiger partial charge >= 0.3 is 6.03 Å². The number of nitrogens with one attached hydrogen (secondary N) is 1. The number of benzene rings is 1. The minimum Gasteiger partial charge on any atom is -0.350 e. The van der Waals surface area contributed by atoms with Crippen LogP contribution in [0.1, 0.15) is 5.56 Å². The molecule has 128 valence electrons. The molecule has 0 aliphatic heterocycles. The van der Waals surface area contributed by atoms with Gasteiger partial charge in [-0.05, 0) is 29.8 Å². The normalized spacial score (nSPS) is 10.5. The molecule has 25 heavy (non-hydrogen) atoms. The van der Waals surface area contributed by atoms with E-state index >= 15 is 0 Å². The fourth-order valence-electron chi connectivity index (χ4n) is 2.15. The van der Waals surface area contributed by atoms with Crippen LogP contribution in [0, 0.1) is 5.82 Å². The van der Waals surface area contributed by atoms with Crippen LogP contribution in [0.3, 0.4) is 0 Å². The zero-order valence-electron chi connectivity index (χ0n) is 13.8. The van der Waals surface area contributed by atoms with E-state index in [4.69, 9.17) is 0 Å². The maximum absolute atomic E-state index is 13.0. The third-order valence-corrected chi connectivity index (χ3v) is 3.45. The van der Waals surface area contributed by atoms with Gasteiger partial charge in [-0.1, -0.05) is 12.1 Å². The first-order chi connectivity index (χ1) is 12.0. The van der Waals surface area contributed by atoms with Crippen LogP contribution < -0.4 is 5.32 Å². The van der Waals surface area contributed by atoms with Gasteiger partial charge in [0.25, 0.3) is 0 Å². The SMILES string of the molecule is CN(C)C(=O)n1nc(-c2cccnc2)nc1NCc1ccc(F)cc1. The molecule has 0 aliphatic carbocycles. The van der Waals surface area contributed by atoms with Crippen LogP contribution in [-0.2, 0) is 6.54 Å². The molecule has 7 nitrogen and oxygen atoms in total. The maximum atomic E-state index is 13.0. The molecule has 0 spiro atoms. The number of hydrogen-bond donors (Lipinski definition) is 1. The largest absolute Gasteiger partial charge is 0.350 e. The molecule has 0 radical (unpaired) electrons. The Morgan fingerprint density at radius 2 is 2.00 bits per heavy atom. The lowest BCUT2D eigenvalue weighted by atomic mass is 10.2. The summed E-state index contributed by atoms with van der Waals surface area (Å²) in [4.78, 5) is 22.2. The molecule has 1 N–H and O–H groups in total. The van der Waals surface area contributed by atoms with Crippen molar-refractivity contribution in [1.82, 2.24) is 24.6 Å². The molecule has 1 aromatic carbocycles. The van der Waals surface area contributed by atoms with Crippen molar-refractivity contribution in [2.24, 2.45) is 0 Å². The highest BCUT2D eigenvalue weighted by atomic mass is 19.1. The number of rotatable bonds is 4. The summed E-state index contributed by atoms with van der Waals surface area (Å²) in [6, 6.07) is 9.36.